The minimum absolute atomic E-state index is 0.877. The van der Waals surface area contributed by atoms with Crippen LogP contribution in [0, 0.1) is 0 Å². The van der Waals surface area contributed by atoms with Crippen LogP contribution < -0.4 is 4.57 Å². The molecule has 0 aliphatic rings. The van der Waals surface area contributed by atoms with Crippen LogP contribution in [-0.2, 0) is 6.42 Å². The third kappa shape index (κ3) is 3.83. The molecule has 1 aromatic heterocycles. The minimum Gasteiger partial charge on any atom is -0.170 e. The zero-order valence-electron chi connectivity index (χ0n) is 13.1. The quantitative estimate of drug-likeness (QED) is 0.594. The molecule has 0 radical (unpaired) electrons. The molecule has 0 aliphatic heterocycles. The second-order valence-corrected chi connectivity index (χ2v) is 5.41. The van der Waals surface area contributed by atoms with Crippen molar-refractivity contribution in [3.05, 3.63) is 108 Å². The van der Waals surface area contributed by atoms with Gasteiger partial charge in [-0.1, -0.05) is 73.3 Å². The van der Waals surface area contributed by atoms with Crippen LogP contribution in [0.5, 0.6) is 0 Å². The first-order chi connectivity index (χ1) is 11.4. The lowest BCUT2D eigenvalue weighted by Crippen LogP contribution is -2.32. The van der Waals surface area contributed by atoms with Gasteiger partial charge in [0.15, 0.2) is 18.1 Å². The van der Waals surface area contributed by atoms with E-state index >= 15 is 0 Å². The van der Waals surface area contributed by atoms with Gasteiger partial charge in [-0.15, -0.1) is 0 Å². The third-order valence-corrected chi connectivity index (χ3v) is 3.83. The Morgan fingerprint density at radius 2 is 1.52 bits per heavy atom. The summed E-state index contributed by atoms with van der Waals surface area (Å²) in [5.74, 6) is 0. The molecule has 0 unspecified atom stereocenters. The Bertz CT molecular complexity index is 802. The van der Waals surface area contributed by atoms with Crippen LogP contribution in [0.2, 0.25) is 0 Å². The molecule has 0 saturated carbocycles. The first kappa shape index (κ1) is 15.0. The van der Waals surface area contributed by atoms with Crippen LogP contribution in [0.15, 0.2) is 85.6 Å². The maximum absolute atomic E-state index is 3.96. The van der Waals surface area contributed by atoms with Gasteiger partial charge < -0.3 is 0 Å². The standard InChI is InChI=1S/C22H20N/c1-2-21-14-9-16-23(17-15-19-10-5-3-6-11-19)22(21)18-20-12-7-4-8-13-20/h2-17H,1,18H2/q+1. The van der Waals surface area contributed by atoms with Gasteiger partial charge in [-0.2, -0.15) is 4.57 Å². The van der Waals surface area contributed by atoms with Crippen LogP contribution in [0.3, 0.4) is 0 Å². The molecule has 1 nitrogen and oxygen atoms in total. The van der Waals surface area contributed by atoms with Gasteiger partial charge >= 0.3 is 0 Å². The van der Waals surface area contributed by atoms with Crippen molar-refractivity contribution in [3.63, 3.8) is 0 Å². The van der Waals surface area contributed by atoms with Crippen LogP contribution >= 0.6 is 0 Å². The average molecular weight is 298 g/mol. The summed E-state index contributed by atoms with van der Waals surface area (Å²) in [5.41, 5.74) is 4.88. The fourth-order valence-corrected chi connectivity index (χ4v) is 2.61. The molecule has 0 amide bonds. The van der Waals surface area contributed by atoms with Gasteiger partial charge in [0.1, 0.15) is 0 Å². The topological polar surface area (TPSA) is 3.88 Å². The monoisotopic (exact) mass is 298 g/mol. The highest BCUT2D eigenvalue weighted by atomic mass is 14.9. The van der Waals surface area contributed by atoms with Crippen LogP contribution in [0.1, 0.15) is 22.4 Å². The fourth-order valence-electron chi connectivity index (χ4n) is 2.61. The van der Waals surface area contributed by atoms with E-state index < -0.39 is 0 Å². The summed E-state index contributed by atoms with van der Waals surface area (Å²) in [6.07, 6.45) is 9.12. The molecule has 3 rings (SSSR count). The van der Waals surface area contributed by atoms with E-state index in [1.165, 1.54) is 16.8 Å². The molecule has 1 heterocycles. The SMILES string of the molecule is C=Cc1ccc[n+](C=Cc2ccccc2)c1Cc1ccccc1. The van der Waals surface area contributed by atoms with E-state index in [2.05, 4.69) is 90.3 Å². The van der Waals surface area contributed by atoms with Crippen LogP contribution in [0.25, 0.3) is 18.4 Å². The van der Waals surface area contributed by atoms with E-state index in [1.807, 2.05) is 18.2 Å². The van der Waals surface area contributed by atoms with Crippen molar-refractivity contribution in [1.29, 1.82) is 0 Å². The van der Waals surface area contributed by atoms with Crippen LogP contribution in [-0.4, -0.2) is 0 Å². The van der Waals surface area contributed by atoms with Crippen molar-refractivity contribution in [2.75, 3.05) is 0 Å². The number of hydrogen-bond acceptors (Lipinski definition) is 0. The normalized spacial score (nSPS) is 10.8. The third-order valence-electron chi connectivity index (χ3n) is 3.83. The fraction of sp³-hybridized carbons (Fsp3) is 0.0455. The lowest BCUT2D eigenvalue weighted by Gasteiger charge is -2.04. The number of nitrogens with zero attached hydrogens (tertiary/aromatic N) is 1. The predicted molar refractivity (Wildman–Crippen MR) is 97.6 cm³/mol. The molecule has 2 aromatic carbocycles. The van der Waals surface area contributed by atoms with Crippen molar-refractivity contribution in [2.24, 2.45) is 0 Å². The number of pyridine rings is 1. The Kier molecular flexibility index (Phi) is 4.80. The summed E-state index contributed by atoms with van der Waals surface area (Å²) in [5, 5.41) is 0. The second-order valence-electron chi connectivity index (χ2n) is 5.41. The maximum atomic E-state index is 3.96. The molecular formula is C22H20N+. The lowest BCUT2D eigenvalue weighted by atomic mass is 10.0. The molecule has 0 spiro atoms. The Labute approximate surface area is 137 Å². The maximum Gasteiger partial charge on any atom is 0.198 e. The first-order valence-corrected chi connectivity index (χ1v) is 7.79. The Hall–Kier alpha value is -2.93. The van der Waals surface area contributed by atoms with E-state index in [0.717, 1.165) is 12.0 Å². The molecular weight excluding hydrogens is 278 g/mol. The zero-order valence-corrected chi connectivity index (χ0v) is 13.1. The smallest absolute Gasteiger partial charge is 0.170 e. The van der Waals surface area contributed by atoms with Gasteiger partial charge in [-0.25, -0.2) is 0 Å². The second kappa shape index (κ2) is 7.37. The van der Waals surface area contributed by atoms with Crippen molar-refractivity contribution >= 4 is 18.4 Å². The van der Waals surface area contributed by atoms with E-state index in [9.17, 15) is 0 Å². The van der Waals surface area contributed by atoms with Gasteiger partial charge in [0.25, 0.3) is 0 Å². The molecule has 0 N–H and O–H groups in total. The van der Waals surface area contributed by atoms with E-state index in [4.69, 9.17) is 0 Å². The summed E-state index contributed by atoms with van der Waals surface area (Å²) < 4.78 is 2.18. The molecule has 0 atom stereocenters. The summed E-state index contributed by atoms with van der Waals surface area (Å²) in [7, 11) is 0. The Morgan fingerprint density at radius 1 is 0.826 bits per heavy atom. The molecule has 0 bridgehead atoms. The molecule has 0 saturated heterocycles. The largest absolute Gasteiger partial charge is 0.198 e. The van der Waals surface area contributed by atoms with Crippen molar-refractivity contribution < 1.29 is 4.57 Å². The van der Waals surface area contributed by atoms with E-state index in [0.29, 0.717) is 0 Å². The van der Waals surface area contributed by atoms with Crippen molar-refractivity contribution in [1.82, 2.24) is 0 Å². The van der Waals surface area contributed by atoms with E-state index in [1.54, 1.807) is 0 Å². The predicted octanol–water partition coefficient (Wildman–Crippen LogP) is 4.84. The highest BCUT2D eigenvalue weighted by Gasteiger charge is 2.13. The van der Waals surface area contributed by atoms with Gasteiger partial charge in [0, 0.05) is 17.7 Å². The summed E-state index contributed by atoms with van der Waals surface area (Å²) in [4.78, 5) is 0. The Morgan fingerprint density at radius 3 is 2.22 bits per heavy atom. The average Bonchev–Trinajstić information content (AvgIpc) is 2.62. The van der Waals surface area contributed by atoms with Crippen molar-refractivity contribution in [3.8, 4) is 0 Å². The molecule has 112 valence electrons. The molecule has 0 fully saturated rings. The summed E-state index contributed by atoms with van der Waals surface area (Å²) in [6, 6.07) is 25.0. The lowest BCUT2D eigenvalue weighted by molar-refractivity contribution is -0.576. The number of rotatable bonds is 5. The number of aromatic nitrogens is 1. The van der Waals surface area contributed by atoms with Gasteiger partial charge in [0.2, 0.25) is 0 Å². The zero-order chi connectivity index (χ0) is 15.9. The molecule has 1 heteroatoms. The highest BCUT2D eigenvalue weighted by Crippen LogP contribution is 2.12. The van der Waals surface area contributed by atoms with Gasteiger partial charge in [-0.05, 0) is 17.2 Å². The molecule has 0 aliphatic carbocycles. The van der Waals surface area contributed by atoms with Crippen molar-refractivity contribution in [2.45, 2.75) is 6.42 Å². The van der Waals surface area contributed by atoms with Gasteiger partial charge in [0.05, 0.1) is 6.42 Å². The minimum atomic E-state index is 0.877. The number of hydrogen-bond donors (Lipinski definition) is 0. The number of benzene rings is 2. The van der Waals surface area contributed by atoms with E-state index in [-0.39, 0.29) is 0 Å². The molecule has 23 heavy (non-hydrogen) atoms. The summed E-state index contributed by atoms with van der Waals surface area (Å²) >= 11 is 0. The highest BCUT2D eigenvalue weighted by molar-refractivity contribution is 5.57. The summed E-state index contributed by atoms with van der Waals surface area (Å²) in [6.45, 7) is 3.96. The molecule has 3 aromatic rings. The van der Waals surface area contributed by atoms with Crippen LogP contribution in [0.4, 0.5) is 0 Å². The Balaban J connectivity index is 1.96. The van der Waals surface area contributed by atoms with Gasteiger partial charge in [-0.3, -0.25) is 0 Å². The first-order valence-electron chi connectivity index (χ1n) is 7.79.